The molecule has 2 heterocycles. The van der Waals surface area contributed by atoms with Crippen LogP contribution in [0.15, 0.2) is 59.0 Å². The Morgan fingerprint density at radius 2 is 1.66 bits per heavy atom. The second-order valence-corrected chi connectivity index (χ2v) is 17.4. The van der Waals surface area contributed by atoms with E-state index in [2.05, 4.69) is 20.9 Å². The van der Waals surface area contributed by atoms with Crippen LogP contribution in [0.5, 0.6) is 0 Å². The Morgan fingerprint density at radius 1 is 0.915 bits per heavy atom. The summed E-state index contributed by atoms with van der Waals surface area (Å²) in [6.07, 6.45) is 7.38. The van der Waals surface area contributed by atoms with Gasteiger partial charge in [0.1, 0.15) is 23.2 Å². The first kappa shape index (κ1) is 43.9. The number of rotatable bonds is 20. The summed E-state index contributed by atoms with van der Waals surface area (Å²) in [5.74, 6) is 0.189. The van der Waals surface area contributed by atoms with Crippen LogP contribution in [-0.4, -0.2) is 95.1 Å². The first-order valence-corrected chi connectivity index (χ1v) is 21.6. The molecule has 0 bridgehead atoms. The highest BCUT2D eigenvalue weighted by Gasteiger charge is 2.44. The van der Waals surface area contributed by atoms with Crippen molar-refractivity contribution in [3.05, 3.63) is 66.1 Å². The average Bonchev–Trinajstić information content (AvgIpc) is 3.53. The van der Waals surface area contributed by atoms with Crippen LogP contribution in [0.4, 0.5) is 9.59 Å². The Hall–Kier alpha value is -4.69. The highest BCUT2D eigenvalue weighted by Crippen LogP contribution is 2.31. The summed E-state index contributed by atoms with van der Waals surface area (Å²) >= 11 is 0. The number of para-hydroxylation sites is 2. The summed E-state index contributed by atoms with van der Waals surface area (Å²) in [7, 11) is 0. The van der Waals surface area contributed by atoms with E-state index in [1.807, 2.05) is 42.5 Å². The maximum atomic E-state index is 14.6. The number of unbranched alkanes of at least 4 members (excludes halogenated alkanes) is 1. The smallest absolute Gasteiger partial charge is 0.407 e. The molecule has 3 aliphatic rings. The summed E-state index contributed by atoms with van der Waals surface area (Å²) in [4.78, 5) is 60.5. The number of ether oxygens (including phenoxy) is 3. The number of oxazole rings is 1. The fourth-order valence-corrected chi connectivity index (χ4v) is 7.96. The van der Waals surface area contributed by atoms with E-state index in [1.54, 1.807) is 32.9 Å². The number of aliphatic hydroxyl groups is 1. The predicted molar refractivity (Wildman–Crippen MR) is 221 cm³/mol. The summed E-state index contributed by atoms with van der Waals surface area (Å²) < 4.78 is 23.2. The zero-order valence-electron chi connectivity index (χ0n) is 34.9. The minimum absolute atomic E-state index is 0.0609. The molecule has 1 aromatic heterocycles. The van der Waals surface area contributed by atoms with Gasteiger partial charge < -0.3 is 44.6 Å². The van der Waals surface area contributed by atoms with Crippen molar-refractivity contribution in [3.63, 3.8) is 0 Å². The Balaban J connectivity index is 1.18. The van der Waals surface area contributed by atoms with Crippen molar-refractivity contribution in [2.75, 3.05) is 26.3 Å². The lowest BCUT2D eigenvalue weighted by Gasteiger charge is -2.30. The SMILES string of the molecule is CC(C)(C)OC(=O)NCCCC[C@H](NC(=O)[C@@H]1C[C@@H](OCCC2CCCC2)CN1C(=O)[C@@H](CCc1ccccc1)NC(=O)OCC1CC1)C(O)c1nc2ccccc2o1. The van der Waals surface area contributed by atoms with Crippen molar-refractivity contribution in [2.45, 2.75) is 140 Å². The number of alkyl carbamates (subject to hydrolysis) is 2. The molecule has 0 spiro atoms. The molecule has 2 saturated carbocycles. The van der Waals surface area contributed by atoms with E-state index in [-0.39, 0.29) is 18.9 Å². The number of fused-ring (bicyclic) bond motifs is 1. The number of aliphatic hydroxyl groups excluding tert-OH is 1. The Morgan fingerprint density at radius 3 is 2.39 bits per heavy atom. The molecule has 59 heavy (non-hydrogen) atoms. The molecule has 1 unspecified atom stereocenters. The number of carbonyl (C=O) groups is 4. The monoisotopic (exact) mass is 817 g/mol. The van der Waals surface area contributed by atoms with Gasteiger partial charge in [0, 0.05) is 26.1 Å². The first-order chi connectivity index (χ1) is 28.4. The number of hydrogen-bond acceptors (Lipinski definition) is 10. The van der Waals surface area contributed by atoms with E-state index in [1.165, 1.54) is 30.6 Å². The lowest BCUT2D eigenvalue weighted by molar-refractivity contribution is -0.140. The standard InChI is InChI=1S/C45H63N5O9/c1-45(2,3)59-43(54)46-25-12-11-18-35(39(51)41-48-34-17-9-10-19-38(34)58-41)47-40(52)37-27-33(56-26-24-31-15-7-8-16-31)28-50(37)42(53)36(23-22-30-13-5-4-6-14-30)49-44(55)57-29-32-20-21-32/h4-6,9-10,13-14,17,19,31-33,35-37,39,51H,7-8,11-12,15-16,18,20-29H2,1-3H3,(H,46,54)(H,47,52)(H,49,55)/t33-,35+,36-,37+,39?/m1/s1. The van der Waals surface area contributed by atoms with Gasteiger partial charge in [-0.15, -0.1) is 0 Å². The van der Waals surface area contributed by atoms with Crippen LogP contribution in [0.2, 0.25) is 0 Å². The Kier molecular flexibility index (Phi) is 15.6. The van der Waals surface area contributed by atoms with Crippen molar-refractivity contribution in [1.29, 1.82) is 0 Å². The molecule has 0 radical (unpaired) electrons. The lowest BCUT2D eigenvalue weighted by atomic mass is 10.0. The minimum atomic E-state index is -1.31. The van der Waals surface area contributed by atoms with Gasteiger partial charge in [-0.3, -0.25) is 9.59 Å². The van der Waals surface area contributed by atoms with E-state index in [0.29, 0.717) is 74.8 Å². The van der Waals surface area contributed by atoms with E-state index in [0.717, 1.165) is 24.8 Å². The normalized spacial score (nSPS) is 19.9. The first-order valence-electron chi connectivity index (χ1n) is 21.6. The number of benzene rings is 2. The molecule has 1 aliphatic heterocycles. The largest absolute Gasteiger partial charge is 0.449 e. The fraction of sp³-hybridized carbons (Fsp3) is 0.622. The van der Waals surface area contributed by atoms with Crippen molar-refractivity contribution in [3.8, 4) is 0 Å². The third-order valence-electron chi connectivity index (χ3n) is 11.4. The van der Waals surface area contributed by atoms with Crippen molar-refractivity contribution in [1.82, 2.24) is 25.8 Å². The van der Waals surface area contributed by atoms with Gasteiger partial charge in [-0.2, -0.15) is 0 Å². The molecule has 5 atom stereocenters. The maximum absolute atomic E-state index is 14.6. The number of aromatic nitrogens is 1. The molecular formula is C45H63N5O9. The predicted octanol–water partition coefficient (Wildman–Crippen LogP) is 6.75. The van der Waals surface area contributed by atoms with Gasteiger partial charge in [-0.1, -0.05) is 68.1 Å². The Bertz CT molecular complexity index is 1790. The molecule has 14 heteroatoms. The zero-order valence-corrected chi connectivity index (χ0v) is 34.9. The molecule has 322 valence electrons. The van der Waals surface area contributed by atoms with E-state index in [9.17, 15) is 24.3 Å². The second kappa shape index (κ2) is 21.0. The van der Waals surface area contributed by atoms with Crippen molar-refractivity contribution < 1.29 is 42.9 Å². The molecular weight excluding hydrogens is 755 g/mol. The average molecular weight is 818 g/mol. The van der Waals surface area contributed by atoms with Gasteiger partial charge in [0.15, 0.2) is 11.7 Å². The number of nitrogens with zero attached hydrogens (tertiary/aromatic N) is 2. The number of hydrogen-bond donors (Lipinski definition) is 4. The zero-order chi connectivity index (χ0) is 41.8. The van der Waals surface area contributed by atoms with Crippen molar-refractivity contribution >= 4 is 35.1 Å². The van der Waals surface area contributed by atoms with Gasteiger partial charge in [0.2, 0.25) is 17.7 Å². The molecule has 4 N–H and O–H groups in total. The van der Waals surface area contributed by atoms with Gasteiger partial charge >= 0.3 is 12.2 Å². The molecule has 3 fully saturated rings. The highest BCUT2D eigenvalue weighted by molar-refractivity contribution is 5.92. The molecule has 2 aliphatic carbocycles. The summed E-state index contributed by atoms with van der Waals surface area (Å²) in [5.41, 5.74) is 1.46. The molecule has 6 rings (SSSR count). The number of likely N-dealkylation sites (tertiary alicyclic amines) is 1. The quantitative estimate of drug-likeness (QED) is 0.0892. The molecule has 14 nitrogen and oxygen atoms in total. The summed E-state index contributed by atoms with van der Waals surface area (Å²) in [5, 5.41) is 20.4. The van der Waals surface area contributed by atoms with E-state index in [4.69, 9.17) is 18.6 Å². The number of carbonyl (C=O) groups excluding carboxylic acids is 4. The molecule has 2 aromatic carbocycles. The number of aryl methyl sites for hydroxylation is 1. The number of amides is 4. The van der Waals surface area contributed by atoms with Gasteiger partial charge in [0.25, 0.3) is 0 Å². The molecule has 1 saturated heterocycles. The van der Waals surface area contributed by atoms with Gasteiger partial charge in [-0.25, -0.2) is 14.6 Å². The third kappa shape index (κ3) is 13.7. The van der Waals surface area contributed by atoms with Crippen LogP contribution >= 0.6 is 0 Å². The van der Waals surface area contributed by atoms with Crippen LogP contribution in [0.3, 0.4) is 0 Å². The van der Waals surface area contributed by atoms with Gasteiger partial charge in [-0.05, 0) is 102 Å². The van der Waals surface area contributed by atoms with Crippen LogP contribution in [0, 0.1) is 11.8 Å². The van der Waals surface area contributed by atoms with E-state index < -0.39 is 59.9 Å². The van der Waals surface area contributed by atoms with Crippen LogP contribution < -0.4 is 16.0 Å². The van der Waals surface area contributed by atoms with E-state index >= 15 is 0 Å². The van der Waals surface area contributed by atoms with Crippen LogP contribution in [-0.2, 0) is 30.2 Å². The highest BCUT2D eigenvalue weighted by atomic mass is 16.6. The topological polar surface area (TPSA) is 182 Å². The summed E-state index contributed by atoms with van der Waals surface area (Å²) in [6, 6.07) is 14.2. The van der Waals surface area contributed by atoms with Crippen molar-refractivity contribution in [2.24, 2.45) is 11.8 Å². The maximum Gasteiger partial charge on any atom is 0.407 e. The third-order valence-corrected chi connectivity index (χ3v) is 11.4. The molecule has 4 amide bonds. The van der Waals surface area contributed by atoms with Crippen LogP contribution in [0.25, 0.3) is 11.1 Å². The lowest BCUT2D eigenvalue weighted by Crippen LogP contribution is -2.55. The fourth-order valence-electron chi connectivity index (χ4n) is 7.96. The van der Waals surface area contributed by atoms with Gasteiger partial charge in [0.05, 0.1) is 18.8 Å². The second-order valence-electron chi connectivity index (χ2n) is 17.4. The van der Waals surface area contributed by atoms with Crippen LogP contribution in [0.1, 0.15) is 115 Å². The summed E-state index contributed by atoms with van der Waals surface area (Å²) in [6.45, 7) is 6.73. The number of nitrogens with one attached hydrogen (secondary N) is 3. The molecule has 3 aromatic rings. The Labute approximate surface area is 347 Å². The minimum Gasteiger partial charge on any atom is -0.449 e.